The van der Waals surface area contributed by atoms with Gasteiger partial charge in [0.25, 0.3) is 6.01 Å². The summed E-state index contributed by atoms with van der Waals surface area (Å²) in [5.41, 5.74) is 2.14. The molecule has 5 nitrogen and oxygen atoms in total. The van der Waals surface area contributed by atoms with Crippen LogP contribution < -0.4 is 10.2 Å². The van der Waals surface area contributed by atoms with Crippen LogP contribution in [0.25, 0.3) is 11.1 Å². The normalized spacial score (nSPS) is 20.5. The molecule has 2 aromatic carbocycles. The van der Waals surface area contributed by atoms with Gasteiger partial charge in [0, 0.05) is 30.5 Å². The van der Waals surface area contributed by atoms with E-state index in [0.717, 1.165) is 5.69 Å². The SMILES string of the molecule is C[C@@H]1CN(c2cc(F)cc(Nc3nc4cc(F)ccc4o3)c2)C[C@H](C)O1. The zero-order chi connectivity index (χ0) is 18.3. The second kappa shape index (κ2) is 6.57. The summed E-state index contributed by atoms with van der Waals surface area (Å²) in [4.78, 5) is 6.28. The molecule has 0 aliphatic carbocycles. The fourth-order valence-electron chi connectivity index (χ4n) is 3.30. The number of benzene rings is 2. The van der Waals surface area contributed by atoms with Crippen molar-refractivity contribution in [3.63, 3.8) is 0 Å². The fraction of sp³-hybridized carbons (Fsp3) is 0.316. The van der Waals surface area contributed by atoms with Crippen molar-refractivity contribution in [3.8, 4) is 0 Å². The maximum absolute atomic E-state index is 14.1. The van der Waals surface area contributed by atoms with Gasteiger partial charge in [0.2, 0.25) is 0 Å². The van der Waals surface area contributed by atoms with Gasteiger partial charge in [-0.15, -0.1) is 0 Å². The van der Waals surface area contributed by atoms with Crippen molar-refractivity contribution in [2.24, 2.45) is 0 Å². The number of nitrogens with one attached hydrogen (secondary N) is 1. The van der Waals surface area contributed by atoms with Crippen molar-refractivity contribution in [1.82, 2.24) is 4.98 Å². The molecule has 4 rings (SSSR count). The van der Waals surface area contributed by atoms with Gasteiger partial charge in [-0.25, -0.2) is 8.78 Å². The minimum atomic E-state index is -0.388. The van der Waals surface area contributed by atoms with Gasteiger partial charge in [-0.3, -0.25) is 0 Å². The van der Waals surface area contributed by atoms with E-state index in [1.54, 1.807) is 0 Å². The Hall–Kier alpha value is -2.67. The van der Waals surface area contributed by atoms with E-state index in [-0.39, 0.29) is 29.9 Å². The number of hydrogen-bond acceptors (Lipinski definition) is 5. The molecule has 0 radical (unpaired) electrons. The minimum absolute atomic E-state index is 0.0744. The number of hydrogen-bond donors (Lipinski definition) is 1. The van der Waals surface area contributed by atoms with Crippen LogP contribution in [0.2, 0.25) is 0 Å². The number of halogens is 2. The first-order chi connectivity index (χ1) is 12.5. The largest absolute Gasteiger partial charge is 0.423 e. The molecule has 0 unspecified atom stereocenters. The zero-order valence-electron chi connectivity index (χ0n) is 14.5. The Kier molecular flexibility index (Phi) is 4.24. The molecule has 1 fully saturated rings. The number of rotatable bonds is 3. The van der Waals surface area contributed by atoms with Gasteiger partial charge in [-0.05, 0) is 44.2 Å². The molecule has 0 amide bonds. The molecular weight excluding hydrogens is 340 g/mol. The lowest BCUT2D eigenvalue weighted by Gasteiger charge is -2.37. The van der Waals surface area contributed by atoms with E-state index in [1.165, 1.54) is 30.3 Å². The van der Waals surface area contributed by atoms with Crippen molar-refractivity contribution in [3.05, 3.63) is 48.0 Å². The first kappa shape index (κ1) is 16.8. The average Bonchev–Trinajstić information content (AvgIpc) is 2.94. The summed E-state index contributed by atoms with van der Waals surface area (Å²) in [7, 11) is 0. The van der Waals surface area contributed by atoms with Crippen molar-refractivity contribution < 1.29 is 17.9 Å². The van der Waals surface area contributed by atoms with Crippen molar-refractivity contribution in [2.75, 3.05) is 23.3 Å². The number of fused-ring (bicyclic) bond motifs is 1. The third kappa shape index (κ3) is 3.48. The van der Waals surface area contributed by atoms with Gasteiger partial charge in [-0.2, -0.15) is 4.98 Å². The summed E-state index contributed by atoms with van der Waals surface area (Å²) in [6.45, 7) is 5.38. The highest BCUT2D eigenvalue weighted by Crippen LogP contribution is 2.28. The Labute approximate surface area is 149 Å². The number of oxazole rings is 1. The molecule has 1 N–H and O–H groups in total. The smallest absolute Gasteiger partial charge is 0.300 e. The predicted octanol–water partition coefficient (Wildman–Crippen LogP) is 4.46. The second-order valence-corrected chi connectivity index (χ2v) is 6.62. The maximum atomic E-state index is 14.1. The summed E-state index contributed by atoms with van der Waals surface area (Å²) in [5, 5.41) is 2.96. The number of nitrogens with zero attached hydrogens (tertiary/aromatic N) is 2. The van der Waals surface area contributed by atoms with E-state index < -0.39 is 0 Å². The standard InChI is InChI=1S/C19H19F2N3O2/c1-11-9-24(10-12(2)25-11)16-6-14(21)5-15(8-16)22-19-23-17-7-13(20)3-4-18(17)26-19/h3-8,11-12H,9-10H2,1-2H3,(H,22,23)/t11-,12+. The molecule has 26 heavy (non-hydrogen) atoms. The minimum Gasteiger partial charge on any atom is -0.423 e. The van der Waals surface area contributed by atoms with Crippen LogP contribution in [0.15, 0.2) is 40.8 Å². The molecule has 2 atom stereocenters. The number of morpholine rings is 1. The van der Waals surface area contributed by atoms with Crippen molar-refractivity contribution in [1.29, 1.82) is 0 Å². The van der Waals surface area contributed by atoms with E-state index in [0.29, 0.717) is 29.9 Å². The van der Waals surface area contributed by atoms with Gasteiger partial charge >= 0.3 is 0 Å². The predicted molar refractivity (Wildman–Crippen MR) is 95.9 cm³/mol. The van der Waals surface area contributed by atoms with Crippen LogP contribution in [-0.2, 0) is 4.74 Å². The van der Waals surface area contributed by atoms with Gasteiger partial charge < -0.3 is 19.4 Å². The Morgan fingerprint density at radius 2 is 1.81 bits per heavy atom. The summed E-state index contributed by atoms with van der Waals surface area (Å²) >= 11 is 0. The highest BCUT2D eigenvalue weighted by molar-refractivity contribution is 5.75. The second-order valence-electron chi connectivity index (χ2n) is 6.62. The van der Waals surface area contributed by atoms with E-state index in [2.05, 4.69) is 15.2 Å². The van der Waals surface area contributed by atoms with E-state index in [1.807, 2.05) is 19.9 Å². The van der Waals surface area contributed by atoms with Crippen LogP contribution in [0.5, 0.6) is 0 Å². The highest BCUT2D eigenvalue weighted by Gasteiger charge is 2.23. The Morgan fingerprint density at radius 3 is 2.58 bits per heavy atom. The van der Waals surface area contributed by atoms with Gasteiger partial charge in [0.05, 0.1) is 12.2 Å². The lowest BCUT2D eigenvalue weighted by atomic mass is 10.2. The first-order valence-corrected chi connectivity index (χ1v) is 8.50. The Balaban J connectivity index is 1.61. The molecular formula is C19H19F2N3O2. The van der Waals surface area contributed by atoms with Gasteiger partial charge in [-0.1, -0.05) is 0 Å². The summed E-state index contributed by atoms with van der Waals surface area (Å²) in [5.74, 6) is -0.750. The monoisotopic (exact) mass is 359 g/mol. The molecule has 3 aromatic rings. The summed E-state index contributed by atoms with van der Waals surface area (Å²) < 4.78 is 38.7. The van der Waals surface area contributed by atoms with E-state index >= 15 is 0 Å². The summed E-state index contributed by atoms with van der Waals surface area (Å²) in [6, 6.07) is 8.99. The zero-order valence-corrected chi connectivity index (χ0v) is 14.5. The number of aromatic nitrogens is 1. The van der Waals surface area contributed by atoms with E-state index in [9.17, 15) is 8.78 Å². The highest BCUT2D eigenvalue weighted by atomic mass is 19.1. The molecule has 1 saturated heterocycles. The van der Waals surface area contributed by atoms with E-state index in [4.69, 9.17) is 9.15 Å². The molecule has 0 bridgehead atoms. The van der Waals surface area contributed by atoms with Crippen LogP contribution in [0, 0.1) is 11.6 Å². The third-order valence-corrected chi connectivity index (χ3v) is 4.27. The number of anilines is 3. The topological polar surface area (TPSA) is 50.5 Å². The third-order valence-electron chi connectivity index (χ3n) is 4.27. The maximum Gasteiger partial charge on any atom is 0.300 e. The lowest BCUT2D eigenvalue weighted by Crippen LogP contribution is -2.45. The van der Waals surface area contributed by atoms with Crippen molar-refractivity contribution in [2.45, 2.75) is 26.1 Å². The van der Waals surface area contributed by atoms with Gasteiger partial charge in [0.1, 0.15) is 17.2 Å². The average molecular weight is 359 g/mol. The molecule has 0 spiro atoms. The molecule has 7 heteroatoms. The molecule has 1 aromatic heterocycles. The van der Waals surface area contributed by atoms with Crippen LogP contribution in [0.3, 0.4) is 0 Å². The van der Waals surface area contributed by atoms with Crippen LogP contribution >= 0.6 is 0 Å². The van der Waals surface area contributed by atoms with Crippen LogP contribution in [0.1, 0.15) is 13.8 Å². The fourth-order valence-corrected chi connectivity index (χ4v) is 3.30. The first-order valence-electron chi connectivity index (χ1n) is 8.50. The van der Waals surface area contributed by atoms with Crippen LogP contribution in [0.4, 0.5) is 26.2 Å². The van der Waals surface area contributed by atoms with Crippen LogP contribution in [-0.4, -0.2) is 30.3 Å². The molecule has 0 saturated carbocycles. The molecule has 2 heterocycles. The van der Waals surface area contributed by atoms with Gasteiger partial charge in [0.15, 0.2) is 5.58 Å². The quantitative estimate of drug-likeness (QED) is 0.748. The summed E-state index contributed by atoms with van der Waals surface area (Å²) in [6.07, 6.45) is 0.149. The number of ether oxygens (including phenoxy) is 1. The Morgan fingerprint density at radius 1 is 1.04 bits per heavy atom. The Bertz CT molecular complexity index is 934. The molecule has 1 aliphatic rings. The lowest BCUT2D eigenvalue weighted by molar-refractivity contribution is -0.00523. The molecule has 1 aliphatic heterocycles. The molecule has 136 valence electrons. The van der Waals surface area contributed by atoms with Crippen molar-refractivity contribution >= 4 is 28.5 Å².